The fourth-order valence-electron chi connectivity index (χ4n) is 2.01. The molecule has 0 radical (unpaired) electrons. The van der Waals surface area contributed by atoms with Gasteiger partial charge in [-0.25, -0.2) is 0 Å². The third kappa shape index (κ3) is 3.61. The fraction of sp³-hybridized carbons (Fsp3) is 0.118. The number of phenolic OH excluding ortho intramolecular Hbond substituents is 2. The number of allylic oxidation sites excluding steroid dienone is 1. The van der Waals surface area contributed by atoms with Gasteiger partial charge < -0.3 is 14.9 Å². The summed E-state index contributed by atoms with van der Waals surface area (Å²) < 4.78 is 5.25. The van der Waals surface area contributed by atoms with Crippen molar-refractivity contribution in [2.75, 3.05) is 7.11 Å². The van der Waals surface area contributed by atoms with Crippen LogP contribution in [0.25, 0.3) is 5.57 Å². The van der Waals surface area contributed by atoms with Crippen molar-refractivity contribution < 1.29 is 14.9 Å². The van der Waals surface area contributed by atoms with E-state index in [1.807, 2.05) is 0 Å². The van der Waals surface area contributed by atoms with E-state index in [0.717, 1.165) is 21.6 Å². The van der Waals surface area contributed by atoms with Crippen LogP contribution in [0.3, 0.4) is 0 Å². The number of benzene rings is 2. The maximum absolute atomic E-state index is 9.48. The second-order valence-corrected chi connectivity index (χ2v) is 5.13. The lowest BCUT2D eigenvalue weighted by atomic mass is 9.98. The summed E-state index contributed by atoms with van der Waals surface area (Å²) in [5.41, 5.74) is 2.50. The minimum absolute atomic E-state index is 0.143. The topological polar surface area (TPSA) is 49.7 Å². The van der Waals surface area contributed by atoms with Crippen LogP contribution in [-0.4, -0.2) is 22.2 Å². The van der Waals surface area contributed by atoms with Crippen molar-refractivity contribution in [1.29, 1.82) is 0 Å². The van der Waals surface area contributed by atoms with Crippen LogP contribution in [0.15, 0.2) is 49.0 Å². The molecule has 2 aromatic rings. The number of phenols is 2. The molecule has 0 spiro atoms. The molecule has 0 fully saturated rings. The standard InChI is InChI=1S/C17H16O3S/c1-11(15-8-7-14(19)10-16(15)20-2)9-17(21)12-3-5-13(18)6-4-12/h3-8,10,18-19H,1,9H2,2H3. The van der Waals surface area contributed by atoms with E-state index in [9.17, 15) is 10.2 Å². The molecular formula is C17H16O3S. The Morgan fingerprint density at radius 3 is 2.33 bits per heavy atom. The zero-order valence-corrected chi connectivity index (χ0v) is 12.5. The summed E-state index contributed by atoms with van der Waals surface area (Å²) >= 11 is 5.41. The first kappa shape index (κ1) is 15.1. The molecule has 0 saturated carbocycles. The van der Waals surface area contributed by atoms with Crippen LogP contribution in [0.5, 0.6) is 17.2 Å². The highest BCUT2D eigenvalue weighted by Crippen LogP contribution is 2.31. The highest BCUT2D eigenvalue weighted by Gasteiger charge is 2.11. The smallest absolute Gasteiger partial charge is 0.130 e. The van der Waals surface area contributed by atoms with Gasteiger partial charge in [-0.15, -0.1) is 0 Å². The van der Waals surface area contributed by atoms with Gasteiger partial charge in [0.1, 0.15) is 17.2 Å². The Bertz CT molecular complexity index is 675. The molecule has 0 aromatic heterocycles. The molecule has 0 saturated heterocycles. The van der Waals surface area contributed by atoms with Gasteiger partial charge >= 0.3 is 0 Å². The molecule has 0 atom stereocenters. The van der Waals surface area contributed by atoms with Crippen LogP contribution >= 0.6 is 12.2 Å². The molecule has 2 N–H and O–H groups in total. The number of ether oxygens (including phenoxy) is 1. The molecule has 0 aliphatic rings. The Hall–Kier alpha value is -2.33. The van der Waals surface area contributed by atoms with Crippen LogP contribution < -0.4 is 4.74 Å². The molecular weight excluding hydrogens is 284 g/mol. The molecule has 2 rings (SSSR count). The largest absolute Gasteiger partial charge is 0.508 e. The molecule has 0 heterocycles. The molecule has 108 valence electrons. The van der Waals surface area contributed by atoms with Crippen LogP contribution in [-0.2, 0) is 0 Å². The fourth-order valence-corrected chi connectivity index (χ4v) is 2.32. The minimum Gasteiger partial charge on any atom is -0.508 e. The van der Waals surface area contributed by atoms with E-state index in [2.05, 4.69) is 6.58 Å². The zero-order chi connectivity index (χ0) is 15.4. The molecule has 0 aliphatic heterocycles. The molecule has 2 aromatic carbocycles. The predicted molar refractivity (Wildman–Crippen MR) is 88.1 cm³/mol. The van der Waals surface area contributed by atoms with Crippen LogP contribution in [0, 0.1) is 0 Å². The number of hydrogen-bond donors (Lipinski definition) is 2. The summed E-state index contributed by atoms with van der Waals surface area (Å²) in [6.45, 7) is 4.05. The molecule has 21 heavy (non-hydrogen) atoms. The Labute approximate surface area is 129 Å². The Morgan fingerprint density at radius 1 is 1.10 bits per heavy atom. The summed E-state index contributed by atoms with van der Waals surface area (Å²) in [6, 6.07) is 11.7. The number of aromatic hydroxyl groups is 2. The number of methoxy groups -OCH3 is 1. The van der Waals surface area contributed by atoms with Gasteiger partial charge in [-0.2, -0.15) is 0 Å². The summed E-state index contributed by atoms with van der Waals surface area (Å²) in [5.74, 6) is 0.915. The van der Waals surface area contributed by atoms with Crippen molar-refractivity contribution in [3.05, 3.63) is 60.2 Å². The number of thiocarbonyl (C=S) groups is 1. The Balaban J connectivity index is 2.18. The zero-order valence-electron chi connectivity index (χ0n) is 11.7. The molecule has 0 bridgehead atoms. The van der Waals surface area contributed by atoms with E-state index in [1.54, 1.807) is 49.6 Å². The molecule has 0 aliphatic carbocycles. The van der Waals surface area contributed by atoms with E-state index in [1.165, 1.54) is 0 Å². The first-order valence-corrected chi connectivity index (χ1v) is 6.79. The lowest BCUT2D eigenvalue weighted by Gasteiger charge is -2.12. The van der Waals surface area contributed by atoms with E-state index in [4.69, 9.17) is 17.0 Å². The maximum Gasteiger partial charge on any atom is 0.130 e. The monoisotopic (exact) mass is 300 g/mol. The van der Waals surface area contributed by atoms with Gasteiger partial charge in [-0.3, -0.25) is 0 Å². The minimum atomic E-state index is 0.143. The average molecular weight is 300 g/mol. The van der Waals surface area contributed by atoms with Crippen molar-refractivity contribution >= 4 is 22.7 Å². The lowest BCUT2D eigenvalue weighted by molar-refractivity contribution is 0.406. The van der Waals surface area contributed by atoms with E-state index in [-0.39, 0.29) is 11.5 Å². The van der Waals surface area contributed by atoms with Crippen LogP contribution in [0.1, 0.15) is 17.5 Å². The first-order chi connectivity index (χ1) is 10.0. The predicted octanol–water partition coefficient (Wildman–Crippen LogP) is 3.93. The Kier molecular flexibility index (Phi) is 4.60. The van der Waals surface area contributed by atoms with Gasteiger partial charge in [0.15, 0.2) is 0 Å². The molecule has 4 heteroatoms. The van der Waals surface area contributed by atoms with E-state index < -0.39 is 0 Å². The number of rotatable bonds is 5. The van der Waals surface area contributed by atoms with Crippen molar-refractivity contribution in [1.82, 2.24) is 0 Å². The van der Waals surface area contributed by atoms with Gasteiger partial charge in [0.2, 0.25) is 0 Å². The van der Waals surface area contributed by atoms with Gasteiger partial charge in [-0.1, -0.05) is 30.9 Å². The third-order valence-electron chi connectivity index (χ3n) is 3.13. The van der Waals surface area contributed by atoms with Gasteiger partial charge in [0.05, 0.1) is 7.11 Å². The van der Waals surface area contributed by atoms with Crippen molar-refractivity contribution in [3.63, 3.8) is 0 Å². The quantitative estimate of drug-likeness (QED) is 0.649. The van der Waals surface area contributed by atoms with Crippen LogP contribution in [0.4, 0.5) is 0 Å². The summed E-state index contributed by atoms with van der Waals surface area (Å²) in [5, 5.41) is 18.8. The highest BCUT2D eigenvalue weighted by molar-refractivity contribution is 7.80. The SMILES string of the molecule is C=C(CC(=S)c1ccc(O)cc1)c1ccc(O)cc1OC. The summed E-state index contributed by atoms with van der Waals surface area (Å²) in [4.78, 5) is 0.732. The van der Waals surface area contributed by atoms with Gasteiger partial charge in [0.25, 0.3) is 0 Å². The lowest BCUT2D eigenvalue weighted by Crippen LogP contribution is -1.99. The van der Waals surface area contributed by atoms with E-state index >= 15 is 0 Å². The van der Waals surface area contributed by atoms with Gasteiger partial charge in [-0.05, 0) is 35.4 Å². The van der Waals surface area contributed by atoms with Crippen molar-refractivity contribution in [2.24, 2.45) is 0 Å². The summed E-state index contributed by atoms with van der Waals surface area (Å²) in [7, 11) is 1.55. The third-order valence-corrected chi connectivity index (χ3v) is 3.51. The second-order valence-electron chi connectivity index (χ2n) is 4.63. The van der Waals surface area contributed by atoms with Crippen molar-refractivity contribution in [2.45, 2.75) is 6.42 Å². The number of hydrogen-bond acceptors (Lipinski definition) is 4. The normalized spacial score (nSPS) is 10.1. The van der Waals surface area contributed by atoms with E-state index in [0.29, 0.717) is 12.2 Å². The van der Waals surface area contributed by atoms with Gasteiger partial charge in [0, 0.05) is 22.9 Å². The second kappa shape index (κ2) is 6.41. The average Bonchev–Trinajstić information content (AvgIpc) is 2.47. The molecule has 0 unspecified atom stereocenters. The molecule has 3 nitrogen and oxygen atoms in total. The van der Waals surface area contributed by atoms with Crippen LogP contribution in [0.2, 0.25) is 0 Å². The molecule has 0 amide bonds. The van der Waals surface area contributed by atoms with Crippen molar-refractivity contribution in [3.8, 4) is 17.2 Å². The highest BCUT2D eigenvalue weighted by atomic mass is 32.1. The maximum atomic E-state index is 9.48. The summed E-state index contributed by atoms with van der Waals surface area (Å²) in [6.07, 6.45) is 0.501. The first-order valence-electron chi connectivity index (χ1n) is 6.38. The Morgan fingerprint density at radius 2 is 1.71 bits per heavy atom.